The Hall–Kier alpha value is -3.35. The van der Waals surface area contributed by atoms with Gasteiger partial charge in [-0.15, -0.1) is 0 Å². The number of nitrogens with one attached hydrogen (secondary N) is 2. The highest BCUT2D eigenvalue weighted by molar-refractivity contribution is 5.86. The fourth-order valence-corrected chi connectivity index (χ4v) is 4.27. The maximum atomic E-state index is 12.9. The summed E-state index contributed by atoms with van der Waals surface area (Å²) in [6.07, 6.45) is -0.304. The van der Waals surface area contributed by atoms with Crippen molar-refractivity contribution < 1.29 is 24.2 Å². The van der Waals surface area contributed by atoms with Gasteiger partial charge in [-0.05, 0) is 47.9 Å². The van der Waals surface area contributed by atoms with Gasteiger partial charge in [0.2, 0.25) is 5.91 Å². The minimum atomic E-state index is -0.996. The molecule has 0 radical (unpaired) electrons. The van der Waals surface area contributed by atoms with E-state index < -0.39 is 36.0 Å². The lowest BCUT2D eigenvalue weighted by atomic mass is 9.87. The van der Waals surface area contributed by atoms with Crippen molar-refractivity contribution in [1.29, 1.82) is 0 Å². The standard InChI is InChI=1S/C27H34N2O5/c1-16(25(31)32)17(2)28-24(30)23(14-27(3,4)5)29-26(33)34-15-22-20-12-8-6-10-18(20)19-11-7-9-13-21(19)22/h6-13,16-17,22-23H,14-15H2,1-5H3,(H,28,30)(H,29,33)(H,31,32). The average Bonchev–Trinajstić information content (AvgIpc) is 3.09. The van der Waals surface area contributed by atoms with Gasteiger partial charge in [0, 0.05) is 12.0 Å². The van der Waals surface area contributed by atoms with Crippen LogP contribution in [0.5, 0.6) is 0 Å². The second-order valence-corrected chi connectivity index (χ2v) is 10.2. The number of carboxylic acids is 1. The molecule has 0 heterocycles. The van der Waals surface area contributed by atoms with Crippen molar-refractivity contribution >= 4 is 18.0 Å². The van der Waals surface area contributed by atoms with Crippen LogP contribution in [-0.4, -0.2) is 41.8 Å². The summed E-state index contributed by atoms with van der Waals surface area (Å²) in [5.74, 6) is -2.26. The Balaban J connectivity index is 1.68. The SMILES string of the molecule is CC(NC(=O)C(CC(C)(C)C)NC(=O)OCC1c2ccccc2-c2ccccc21)C(C)C(=O)O. The van der Waals surface area contributed by atoms with Gasteiger partial charge in [-0.1, -0.05) is 69.3 Å². The molecular formula is C27H34N2O5. The summed E-state index contributed by atoms with van der Waals surface area (Å²) in [5.41, 5.74) is 4.24. The molecule has 3 atom stereocenters. The Morgan fingerprint density at radius 1 is 0.941 bits per heavy atom. The van der Waals surface area contributed by atoms with Crippen LogP contribution in [0.3, 0.4) is 0 Å². The molecule has 182 valence electrons. The number of aliphatic carboxylic acids is 1. The minimum Gasteiger partial charge on any atom is -0.481 e. The first-order valence-electron chi connectivity index (χ1n) is 11.6. The van der Waals surface area contributed by atoms with E-state index in [-0.39, 0.29) is 17.9 Å². The van der Waals surface area contributed by atoms with E-state index in [9.17, 15) is 19.5 Å². The summed E-state index contributed by atoms with van der Waals surface area (Å²) in [6.45, 7) is 9.22. The van der Waals surface area contributed by atoms with Crippen LogP contribution in [0.15, 0.2) is 48.5 Å². The Kier molecular flexibility index (Phi) is 7.64. The third-order valence-electron chi connectivity index (χ3n) is 6.28. The Labute approximate surface area is 200 Å². The molecule has 3 N–H and O–H groups in total. The van der Waals surface area contributed by atoms with Gasteiger partial charge in [0.25, 0.3) is 0 Å². The highest BCUT2D eigenvalue weighted by Crippen LogP contribution is 2.44. The number of benzene rings is 2. The van der Waals surface area contributed by atoms with E-state index in [0.717, 1.165) is 22.3 Å². The van der Waals surface area contributed by atoms with E-state index >= 15 is 0 Å². The minimum absolute atomic E-state index is 0.0792. The summed E-state index contributed by atoms with van der Waals surface area (Å²) in [6, 6.07) is 14.7. The molecule has 1 aliphatic rings. The predicted octanol–water partition coefficient (Wildman–Crippen LogP) is 4.56. The van der Waals surface area contributed by atoms with Gasteiger partial charge in [0.15, 0.2) is 0 Å². The number of carbonyl (C=O) groups excluding carboxylic acids is 2. The highest BCUT2D eigenvalue weighted by atomic mass is 16.5. The van der Waals surface area contributed by atoms with E-state index in [1.54, 1.807) is 6.92 Å². The van der Waals surface area contributed by atoms with Gasteiger partial charge in [0.1, 0.15) is 12.6 Å². The van der Waals surface area contributed by atoms with Crippen LogP contribution >= 0.6 is 0 Å². The zero-order chi connectivity index (χ0) is 25.0. The van der Waals surface area contributed by atoms with Crippen LogP contribution in [0.2, 0.25) is 0 Å². The molecule has 3 unspecified atom stereocenters. The van der Waals surface area contributed by atoms with E-state index in [4.69, 9.17) is 4.74 Å². The van der Waals surface area contributed by atoms with Crippen LogP contribution in [0.1, 0.15) is 58.1 Å². The smallest absolute Gasteiger partial charge is 0.407 e. The van der Waals surface area contributed by atoms with Crippen LogP contribution in [0, 0.1) is 11.3 Å². The third-order valence-corrected chi connectivity index (χ3v) is 6.28. The van der Waals surface area contributed by atoms with Crippen LogP contribution in [-0.2, 0) is 14.3 Å². The summed E-state index contributed by atoms with van der Waals surface area (Å²) >= 11 is 0. The average molecular weight is 467 g/mol. The maximum absolute atomic E-state index is 12.9. The van der Waals surface area contributed by atoms with Crippen LogP contribution in [0.25, 0.3) is 11.1 Å². The molecule has 34 heavy (non-hydrogen) atoms. The molecule has 1 aliphatic carbocycles. The van der Waals surface area contributed by atoms with Crippen molar-refractivity contribution in [1.82, 2.24) is 10.6 Å². The summed E-state index contributed by atoms with van der Waals surface area (Å²) < 4.78 is 5.60. The quantitative estimate of drug-likeness (QED) is 0.529. The molecule has 7 heteroatoms. The number of amides is 2. The lowest BCUT2D eigenvalue weighted by molar-refractivity contribution is -0.142. The first kappa shape index (κ1) is 25.3. The molecule has 0 saturated carbocycles. The van der Waals surface area contributed by atoms with Gasteiger partial charge < -0.3 is 20.5 Å². The molecule has 0 fully saturated rings. The Morgan fingerprint density at radius 3 is 1.97 bits per heavy atom. The van der Waals surface area contributed by atoms with Crippen molar-refractivity contribution in [2.75, 3.05) is 6.61 Å². The number of hydrogen-bond acceptors (Lipinski definition) is 4. The number of ether oxygens (including phenoxy) is 1. The van der Waals surface area contributed by atoms with Crippen LogP contribution in [0.4, 0.5) is 4.79 Å². The maximum Gasteiger partial charge on any atom is 0.407 e. The molecule has 3 rings (SSSR count). The molecule has 0 saturated heterocycles. The van der Waals surface area contributed by atoms with Crippen molar-refractivity contribution in [2.45, 2.75) is 59.0 Å². The van der Waals surface area contributed by atoms with E-state index in [1.807, 2.05) is 57.2 Å². The Morgan fingerprint density at radius 2 is 1.47 bits per heavy atom. The van der Waals surface area contributed by atoms with E-state index in [2.05, 4.69) is 22.8 Å². The lowest BCUT2D eigenvalue weighted by Crippen LogP contribution is -2.52. The van der Waals surface area contributed by atoms with Crippen LogP contribution < -0.4 is 10.6 Å². The van der Waals surface area contributed by atoms with Gasteiger partial charge >= 0.3 is 12.1 Å². The fraction of sp³-hybridized carbons (Fsp3) is 0.444. The number of fused-ring (bicyclic) bond motifs is 3. The second kappa shape index (κ2) is 10.3. The zero-order valence-electron chi connectivity index (χ0n) is 20.4. The summed E-state index contributed by atoms with van der Waals surface area (Å²) in [4.78, 5) is 36.9. The predicted molar refractivity (Wildman–Crippen MR) is 130 cm³/mol. The molecular weight excluding hydrogens is 432 g/mol. The van der Waals surface area contributed by atoms with E-state index in [1.165, 1.54) is 6.92 Å². The van der Waals surface area contributed by atoms with Gasteiger partial charge in [-0.25, -0.2) is 4.79 Å². The molecule has 0 aliphatic heterocycles. The molecule has 2 amide bonds. The summed E-state index contributed by atoms with van der Waals surface area (Å²) in [5, 5.41) is 14.6. The Bertz CT molecular complexity index is 1010. The van der Waals surface area contributed by atoms with Gasteiger partial charge in [0.05, 0.1) is 5.92 Å². The molecule has 0 spiro atoms. The first-order chi connectivity index (χ1) is 16.0. The molecule has 2 aromatic carbocycles. The van der Waals surface area contributed by atoms with Crippen molar-refractivity contribution in [3.63, 3.8) is 0 Å². The topological polar surface area (TPSA) is 105 Å². The number of carbonyl (C=O) groups is 3. The van der Waals surface area contributed by atoms with Crippen molar-refractivity contribution in [3.05, 3.63) is 59.7 Å². The molecule has 7 nitrogen and oxygen atoms in total. The second-order valence-electron chi connectivity index (χ2n) is 10.2. The number of alkyl carbamates (subject to hydrolysis) is 1. The molecule has 0 bridgehead atoms. The number of hydrogen-bond donors (Lipinski definition) is 3. The van der Waals surface area contributed by atoms with E-state index in [0.29, 0.717) is 6.42 Å². The first-order valence-corrected chi connectivity index (χ1v) is 11.6. The van der Waals surface area contributed by atoms with Crippen molar-refractivity contribution in [2.24, 2.45) is 11.3 Å². The van der Waals surface area contributed by atoms with Gasteiger partial charge in [-0.2, -0.15) is 0 Å². The van der Waals surface area contributed by atoms with Crippen molar-refractivity contribution in [3.8, 4) is 11.1 Å². The lowest BCUT2D eigenvalue weighted by Gasteiger charge is -2.28. The largest absolute Gasteiger partial charge is 0.481 e. The highest BCUT2D eigenvalue weighted by Gasteiger charge is 2.32. The third kappa shape index (κ3) is 5.95. The monoisotopic (exact) mass is 466 g/mol. The number of rotatable bonds is 8. The zero-order valence-corrected chi connectivity index (χ0v) is 20.4. The summed E-state index contributed by atoms with van der Waals surface area (Å²) in [7, 11) is 0. The molecule has 0 aromatic heterocycles. The fourth-order valence-electron chi connectivity index (χ4n) is 4.27. The number of carboxylic acid groups (broad SMARTS) is 1. The normalized spacial score (nSPS) is 15.4. The molecule has 2 aromatic rings. The van der Waals surface area contributed by atoms with Gasteiger partial charge in [-0.3, -0.25) is 9.59 Å².